The third kappa shape index (κ3) is 4.67. The number of halogens is 4. The molecule has 1 amide bonds. The maximum Gasteiger partial charge on any atom is 0.413 e. The van der Waals surface area contributed by atoms with E-state index in [1.54, 1.807) is 18.3 Å². The summed E-state index contributed by atoms with van der Waals surface area (Å²) >= 11 is 0. The second-order valence-electron chi connectivity index (χ2n) is 10.9. The van der Waals surface area contributed by atoms with Gasteiger partial charge in [-0.05, 0) is 30.4 Å². The summed E-state index contributed by atoms with van der Waals surface area (Å²) < 4.78 is 81.4. The first-order valence-electron chi connectivity index (χ1n) is 12.4. The van der Waals surface area contributed by atoms with Gasteiger partial charge in [-0.1, -0.05) is 38.1 Å². The molecular weight excluding hydrogens is 524 g/mol. The largest absolute Gasteiger partial charge is 0.413 e. The monoisotopic (exact) mass is 552 g/mol. The molecule has 0 N–H and O–H groups in total. The number of rotatable bonds is 4. The van der Waals surface area contributed by atoms with Crippen LogP contribution in [0.2, 0.25) is 0 Å². The van der Waals surface area contributed by atoms with Gasteiger partial charge in [-0.3, -0.25) is 4.79 Å². The van der Waals surface area contributed by atoms with Crippen molar-refractivity contribution in [2.75, 3.05) is 18.6 Å². The van der Waals surface area contributed by atoms with Crippen LogP contribution < -0.4 is 0 Å². The van der Waals surface area contributed by atoms with Crippen LogP contribution in [0, 0.1) is 11.9 Å². The maximum atomic E-state index is 14.2. The Kier molecular flexibility index (Phi) is 6.32. The highest BCUT2D eigenvalue weighted by molar-refractivity contribution is 7.91. The topological polar surface area (TPSA) is 84.6 Å². The highest BCUT2D eigenvalue weighted by Crippen LogP contribution is 2.49. The number of hydrogen-bond donors (Lipinski definition) is 0. The van der Waals surface area contributed by atoms with Crippen molar-refractivity contribution in [3.63, 3.8) is 0 Å². The van der Waals surface area contributed by atoms with Gasteiger partial charge in [0.25, 0.3) is 0 Å². The van der Waals surface area contributed by atoms with E-state index in [2.05, 4.69) is 10.1 Å². The minimum Gasteiger partial charge on any atom is -0.330 e. The number of benzene rings is 1. The molecule has 0 bridgehead atoms. The van der Waals surface area contributed by atoms with Gasteiger partial charge in [0.1, 0.15) is 9.84 Å². The highest BCUT2D eigenvalue weighted by Gasteiger charge is 2.47. The van der Waals surface area contributed by atoms with E-state index in [-0.39, 0.29) is 41.2 Å². The molecule has 2 atom stereocenters. The summed E-state index contributed by atoms with van der Waals surface area (Å²) in [4.78, 5) is 18.0. The lowest BCUT2D eigenvalue weighted by atomic mass is 9.86. The fourth-order valence-corrected chi connectivity index (χ4v) is 7.45. The van der Waals surface area contributed by atoms with Gasteiger partial charge in [0, 0.05) is 42.1 Å². The third-order valence-corrected chi connectivity index (χ3v) is 9.53. The summed E-state index contributed by atoms with van der Waals surface area (Å²) in [5, 5.41) is 3.95. The molecule has 1 aliphatic carbocycles. The van der Waals surface area contributed by atoms with Gasteiger partial charge in [0.2, 0.25) is 11.9 Å². The maximum absolute atomic E-state index is 14.2. The van der Waals surface area contributed by atoms with Crippen molar-refractivity contribution < 1.29 is 30.8 Å². The van der Waals surface area contributed by atoms with Gasteiger partial charge >= 0.3 is 6.18 Å². The fourth-order valence-electron chi connectivity index (χ4n) is 5.96. The molecule has 204 valence electrons. The number of hydrogen-bond acceptors (Lipinski definition) is 5. The zero-order valence-corrected chi connectivity index (χ0v) is 22.0. The lowest BCUT2D eigenvalue weighted by Crippen LogP contribution is -2.44. The Labute approximate surface area is 217 Å². The molecule has 0 unspecified atom stereocenters. The fraction of sp³-hybridized carbons (Fsp3) is 0.500. The summed E-state index contributed by atoms with van der Waals surface area (Å²) in [5.74, 6) is -2.68. The zero-order valence-electron chi connectivity index (χ0n) is 21.2. The average molecular weight is 553 g/mol. The van der Waals surface area contributed by atoms with Gasteiger partial charge in [-0.25, -0.2) is 17.9 Å². The normalized spacial score (nSPS) is 21.8. The molecule has 0 radical (unpaired) electrons. The summed E-state index contributed by atoms with van der Waals surface area (Å²) in [6.45, 7) is 4.02. The van der Waals surface area contributed by atoms with E-state index >= 15 is 0 Å². The number of nitrogens with zero attached hydrogens (tertiary/aromatic N) is 4. The molecule has 12 heteroatoms. The van der Waals surface area contributed by atoms with Crippen LogP contribution in [0.4, 0.5) is 17.6 Å². The summed E-state index contributed by atoms with van der Waals surface area (Å²) in [6, 6.07) is 5.11. The van der Waals surface area contributed by atoms with Crippen LogP contribution in [-0.4, -0.2) is 58.6 Å². The predicted molar refractivity (Wildman–Crippen MR) is 132 cm³/mol. The predicted octanol–water partition coefficient (Wildman–Crippen LogP) is 4.57. The Morgan fingerprint density at radius 2 is 1.79 bits per heavy atom. The van der Waals surface area contributed by atoms with Crippen molar-refractivity contribution in [2.45, 2.75) is 56.7 Å². The Bertz CT molecular complexity index is 1490. The number of fused-ring (bicyclic) bond motifs is 3. The van der Waals surface area contributed by atoms with E-state index in [0.717, 1.165) is 23.9 Å². The van der Waals surface area contributed by atoms with Crippen LogP contribution in [0.25, 0.3) is 5.65 Å². The lowest BCUT2D eigenvalue weighted by Gasteiger charge is -2.34. The molecule has 38 heavy (non-hydrogen) atoms. The van der Waals surface area contributed by atoms with Crippen molar-refractivity contribution in [2.24, 2.45) is 5.92 Å². The lowest BCUT2D eigenvalue weighted by molar-refractivity contribution is -0.190. The van der Waals surface area contributed by atoms with E-state index in [1.165, 1.54) is 22.7 Å². The first kappa shape index (κ1) is 26.6. The summed E-state index contributed by atoms with van der Waals surface area (Å²) in [5.41, 5.74) is 2.36. The first-order valence-corrected chi connectivity index (χ1v) is 14.2. The number of aromatic nitrogens is 3. The number of alkyl halides is 3. The molecule has 0 saturated carbocycles. The zero-order chi connectivity index (χ0) is 27.6. The number of carbonyl (C=O) groups excluding carboxylic acids is 1. The smallest absolute Gasteiger partial charge is 0.330 e. The second kappa shape index (κ2) is 9.03. The number of amides is 1. The van der Waals surface area contributed by atoms with Crippen molar-refractivity contribution in [3.05, 3.63) is 64.9 Å². The molecule has 3 heterocycles. The molecule has 5 rings (SSSR count). The Morgan fingerprint density at radius 3 is 2.39 bits per heavy atom. The van der Waals surface area contributed by atoms with Crippen LogP contribution in [0.3, 0.4) is 0 Å². The Hall–Kier alpha value is -3.02. The van der Waals surface area contributed by atoms with Crippen LogP contribution in [0.1, 0.15) is 67.5 Å². The van der Waals surface area contributed by atoms with Crippen LogP contribution in [-0.2, 0) is 20.0 Å². The van der Waals surface area contributed by atoms with Crippen LogP contribution in [0.15, 0.2) is 36.5 Å². The minimum absolute atomic E-state index is 0.0212. The van der Waals surface area contributed by atoms with Gasteiger partial charge in [-0.15, -0.1) is 5.10 Å². The minimum atomic E-state index is -4.73. The molecule has 2 aliphatic rings. The van der Waals surface area contributed by atoms with E-state index < -0.39 is 39.8 Å². The van der Waals surface area contributed by atoms with Crippen molar-refractivity contribution in [3.8, 4) is 0 Å². The standard InChI is InChI=1S/C26H28F4N4O3S/c1-25(2)13-18(19-14-31-21-12-20(27)32-34(21)23(19)25)15-4-6-16(7-5-15)22(26(28,29)30)33(3)24(35)17-8-10-38(36,37)11-9-17/h4-7,12,14,17-18,22H,8-11,13H2,1-3H3/t18-,22-/m1/s1. The average Bonchev–Trinajstić information content (AvgIpc) is 3.33. The molecular formula is C26H28F4N4O3S. The molecule has 1 fully saturated rings. The van der Waals surface area contributed by atoms with Gasteiger partial charge in [0.15, 0.2) is 11.7 Å². The molecule has 2 aromatic heterocycles. The number of carbonyl (C=O) groups is 1. The van der Waals surface area contributed by atoms with E-state index in [1.807, 2.05) is 13.8 Å². The molecule has 1 aliphatic heterocycles. The number of sulfone groups is 1. The van der Waals surface area contributed by atoms with E-state index in [9.17, 15) is 30.8 Å². The van der Waals surface area contributed by atoms with Crippen LogP contribution in [0.5, 0.6) is 0 Å². The molecule has 1 saturated heterocycles. The Morgan fingerprint density at radius 1 is 1.16 bits per heavy atom. The summed E-state index contributed by atoms with van der Waals surface area (Å²) in [7, 11) is -2.13. The second-order valence-corrected chi connectivity index (χ2v) is 13.2. The van der Waals surface area contributed by atoms with Crippen LogP contribution >= 0.6 is 0 Å². The van der Waals surface area contributed by atoms with E-state index in [0.29, 0.717) is 17.0 Å². The Balaban J connectivity index is 1.44. The van der Waals surface area contributed by atoms with Crippen molar-refractivity contribution >= 4 is 21.4 Å². The van der Waals surface area contributed by atoms with E-state index in [4.69, 9.17) is 0 Å². The van der Waals surface area contributed by atoms with Gasteiger partial charge < -0.3 is 4.90 Å². The molecule has 7 nitrogen and oxygen atoms in total. The molecule has 1 aromatic carbocycles. The highest BCUT2D eigenvalue weighted by atomic mass is 32.2. The first-order chi connectivity index (χ1) is 17.7. The molecule has 3 aromatic rings. The SMILES string of the molecule is CN(C(=O)C1CCS(=O)(=O)CC1)[C@H](c1ccc([C@H]2CC(C)(C)c3c2cnc2cc(F)nn32)cc1)C(F)(F)F. The van der Waals surface area contributed by atoms with Gasteiger partial charge in [0.05, 0.1) is 17.2 Å². The summed E-state index contributed by atoms with van der Waals surface area (Å²) in [6.07, 6.45) is -2.38. The van der Waals surface area contributed by atoms with Crippen molar-refractivity contribution in [1.82, 2.24) is 19.5 Å². The third-order valence-electron chi connectivity index (χ3n) is 7.82. The van der Waals surface area contributed by atoms with Crippen molar-refractivity contribution in [1.29, 1.82) is 0 Å². The molecule has 0 spiro atoms. The van der Waals surface area contributed by atoms with Gasteiger partial charge in [-0.2, -0.15) is 17.6 Å². The quantitative estimate of drug-likeness (QED) is 0.443.